The molecule has 136 valence electrons. The zero-order chi connectivity index (χ0) is 18.2. The van der Waals surface area contributed by atoms with Crippen LogP contribution >= 0.6 is 0 Å². The van der Waals surface area contributed by atoms with Gasteiger partial charge >= 0.3 is 5.97 Å². The van der Waals surface area contributed by atoms with Crippen molar-refractivity contribution >= 4 is 21.9 Å². The summed E-state index contributed by atoms with van der Waals surface area (Å²) in [4.78, 5) is 24.3. The average molecular weight is 366 g/mol. The van der Waals surface area contributed by atoms with Crippen molar-refractivity contribution in [2.45, 2.75) is 62.6 Å². The summed E-state index contributed by atoms with van der Waals surface area (Å²) >= 11 is 0. The second-order valence-corrected chi connectivity index (χ2v) is 8.42. The Kier molecular flexibility index (Phi) is 4.83. The molecule has 2 fully saturated rings. The monoisotopic (exact) mass is 366 g/mol. The van der Waals surface area contributed by atoms with Gasteiger partial charge in [-0.25, -0.2) is 17.9 Å². The highest BCUT2D eigenvalue weighted by molar-refractivity contribution is 7.89. The van der Waals surface area contributed by atoms with Gasteiger partial charge < -0.3 is 10.1 Å². The van der Waals surface area contributed by atoms with Gasteiger partial charge in [0.05, 0.1) is 10.5 Å². The molecule has 2 aliphatic rings. The molecule has 0 heterocycles. The van der Waals surface area contributed by atoms with Gasteiger partial charge in [0.25, 0.3) is 5.91 Å². The van der Waals surface area contributed by atoms with Crippen LogP contribution in [0.3, 0.4) is 0 Å². The standard InChI is InChI=1S/C17H22N2O5S/c1-10-3-8-14(25(22,23)19-13-6-7-13)9-15(10)17(21)24-11(2)16(20)18-12-4-5-12/h3,8-9,11-13,19H,4-7H2,1-2H3,(H,18,20). The highest BCUT2D eigenvalue weighted by atomic mass is 32.2. The zero-order valence-corrected chi connectivity index (χ0v) is 15.1. The summed E-state index contributed by atoms with van der Waals surface area (Å²) < 4.78 is 32.4. The number of rotatable bonds is 7. The smallest absolute Gasteiger partial charge is 0.339 e. The largest absolute Gasteiger partial charge is 0.449 e. The number of nitrogens with one attached hydrogen (secondary N) is 2. The summed E-state index contributed by atoms with van der Waals surface area (Å²) in [6, 6.07) is 4.48. The fraction of sp³-hybridized carbons (Fsp3) is 0.529. The molecule has 1 aromatic carbocycles. The van der Waals surface area contributed by atoms with E-state index in [1.807, 2.05) is 0 Å². The van der Waals surface area contributed by atoms with E-state index in [9.17, 15) is 18.0 Å². The third-order valence-electron chi connectivity index (χ3n) is 4.22. The third-order valence-corrected chi connectivity index (χ3v) is 5.73. The number of amides is 1. The minimum absolute atomic E-state index is 0.0204. The van der Waals surface area contributed by atoms with Crippen molar-refractivity contribution in [2.24, 2.45) is 0 Å². The van der Waals surface area contributed by atoms with Crippen LogP contribution in [0.1, 0.15) is 48.5 Å². The fourth-order valence-corrected chi connectivity index (χ4v) is 3.63. The molecule has 8 heteroatoms. The minimum atomic E-state index is -3.66. The molecule has 25 heavy (non-hydrogen) atoms. The quantitative estimate of drug-likeness (QED) is 0.708. The SMILES string of the molecule is Cc1ccc(S(=O)(=O)NC2CC2)cc1C(=O)OC(C)C(=O)NC1CC1. The Balaban J connectivity index is 1.72. The Labute approximate surface area is 147 Å². The van der Waals surface area contributed by atoms with Crippen LogP contribution in [0.15, 0.2) is 23.1 Å². The molecule has 2 N–H and O–H groups in total. The van der Waals surface area contributed by atoms with Crippen molar-refractivity contribution in [1.82, 2.24) is 10.0 Å². The van der Waals surface area contributed by atoms with Crippen LogP contribution in [0.25, 0.3) is 0 Å². The molecule has 0 spiro atoms. The van der Waals surface area contributed by atoms with Gasteiger partial charge in [-0.05, 0) is 57.2 Å². The lowest BCUT2D eigenvalue weighted by Gasteiger charge is -2.15. The first-order chi connectivity index (χ1) is 11.8. The lowest BCUT2D eigenvalue weighted by Crippen LogP contribution is -2.37. The average Bonchev–Trinajstić information content (AvgIpc) is 3.44. The molecule has 0 aliphatic heterocycles. The van der Waals surface area contributed by atoms with Gasteiger partial charge in [0.1, 0.15) is 0 Å². The van der Waals surface area contributed by atoms with Gasteiger partial charge in [-0.3, -0.25) is 4.79 Å². The number of sulfonamides is 1. The van der Waals surface area contributed by atoms with Gasteiger partial charge in [-0.15, -0.1) is 0 Å². The summed E-state index contributed by atoms with van der Waals surface area (Å²) in [6.07, 6.45) is 2.61. The number of aryl methyl sites for hydroxylation is 1. The number of ether oxygens (including phenoxy) is 1. The van der Waals surface area contributed by atoms with Gasteiger partial charge in [0.15, 0.2) is 6.10 Å². The summed E-state index contributed by atoms with van der Waals surface area (Å²) in [6.45, 7) is 3.19. The first kappa shape index (κ1) is 17.9. The Morgan fingerprint density at radius 3 is 2.40 bits per heavy atom. The molecule has 7 nitrogen and oxygen atoms in total. The summed E-state index contributed by atoms with van der Waals surface area (Å²) in [5, 5.41) is 2.77. The highest BCUT2D eigenvalue weighted by Gasteiger charge is 2.30. The predicted octanol–water partition coefficient (Wildman–Crippen LogP) is 1.26. The first-order valence-corrected chi connectivity index (χ1v) is 9.89. The summed E-state index contributed by atoms with van der Waals surface area (Å²) in [5.74, 6) is -1.05. The zero-order valence-electron chi connectivity index (χ0n) is 14.2. The van der Waals surface area contributed by atoms with Crippen molar-refractivity contribution in [3.8, 4) is 0 Å². The van der Waals surface area contributed by atoms with Crippen molar-refractivity contribution in [2.75, 3.05) is 0 Å². The van der Waals surface area contributed by atoms with Crippen molar-refractivity contribution in [3.05, 3.63) is 29.3 Å². The van der Waals surface area contributed by atoms with E-state index in [0.717, 1.165) is 25.7 Å². The molecule has 1 atom stereocenters. The molecule has 1 amide bonds. The van der Waals surface area contributed by atoms with Crippen molar-refractivity contribution < 1.29 is 22.7 Å². The highest BCUT2D eigenvalue weighted by Crippen LogP contribution is 2.24. The second-order valence-electron chi connectivity index (χ2n) is 6.70. The Morgan fingerprint density at radius 1 is 1.16 bits per heavy atom. The van der Waals surface area contributed by atoms with Gasteiger partial charge in [-0.2, -0.15) is 0 Å². The molecular formula is C17H22N2O5S. The Morgan fingerprint density at radius 2 is 1.80 bits per heavy atom. The molecule has 3 rings (SSSR count). The maximum Gasteiger partial charge on any atom is 0.339 e. The molecule has 0 radical (unpaired) electrons. The maximum absolute atomic E-state index is 12.4. The van der Waals surface area contributed by atoms with Crippen LogP contribution < -0.4 is 10.0 Å². The van der Waals surface area contributed by atoms with Crippen LogP contribution in [0, 0.1) is 6.92 Å². The number of carbonyl (C=O) groups is 2. The van der Waals surface area contributed by atoms with E-state index in [2.05, 4.69) is 10.0 Å². The fourth-order valence-electron chi connectivity index (χ4n) is 2.30. The molecule has 1 unspecified atom stereocenters. The molecule has 2 saturated carbocycles. The van der Waals surface area contributed by atoms with E-state index in [4.69, 9.17) is 4.74 Å². The molecule has 2 aliphatic carbocycles. The van der Waals surface area contributed by atoms with E-state index in [-0.39, 0.29) is 28.4 Å². The number of hydrogen-bond donors (Lipinski definition) is 2. The normalized spacial score (nSPS) is 18.5. The van der Waals surface area contributed by atoms with Crippen LogP contribution in [0.4, 0.5) is 0 Å². The molecule has 0 saturated heterocycles. The Bertz CT molecular complexity index is 797. The minimum Gasteiger partial charge on any atom is -0.449 e. The van der Waals surface area contributed by atoms with Crippen molar-refractivity contribution in [1.29, 1.82) is 0 Å². The van der Waals surface area contributed by atoms with Crippen LogP contribution in [0.2, 0.25) is 0 Å². The van der Waals surface area contributed by atoms with E-state index >= 15 is 0 Å². The lowest BCUT2D eigenvalue weighted by atomic mass is 10.1. The molecule has 0 bridgehead atoms. The van der Waals surface area contributed by atoms with E-state index in [1.54, 1.807) is 13.0 Å². The number of esters is 1. The third kappa shape index (κ3) is 4.58. The second kappa shape index (κ2) is 6.76. The maximum atomic E-state index is 12.4. The van der Waals surface area contributed by atoms with E-state index in [0.29, 0.717) is 5.56 Å². The molecular weight excluding hydrogens is 344 g/mol. The topological polar surface area (TPSA) is 102 Å². The van der Waals surface area contributed by atoms with Gasteiger partial charge in [0, 0.05) is 12.1 Å². The number of benzene rings is 1. The first-order valence-electron chi connectivity index (χ1n) is 8.40. The Hall–Kier alpha value is -1.93. The van der Waals surface area contributed by atoms with Gasteiger partial charge in [0.2, 0.25) is 10.0 Å². The summed E-state index contributed by atoms with van der Waals surface area (Å²) in [5.41, 5.74) is 0.731. The van der Waals surface area contributed by atoms with Crippen LogP contribution in [0.5, 0.6) is 0 Å². The van der Waals surface area contributed by atoms with Crippen molar-refractivity contribution in [3.63, 3.8) is 0 Å². The number of carbonyl (C=O) groups excluding carboxylic acids is 2. The van der Waals surface area contributed by atoms with Crippen LogP contribution in [-0.4, -0.2) is 38.5 Å². The number of hydrogen-bond acceptors (Lipinski definition) is 5. The molecule has 0 aromatic heterocycles. The van der Waals surface area contributed by atoms with E-state index in [1.165, 1.54) is 19.1 Å². The van der Waals surface area contributed by atoms with E-state index < -0.39 is 22.1 Å². The van der Waals surface area contributed by atoms with Gasteiger partial charge in [-0.1, -0.05) is 6.07 Å². The lowest BCUT2D eigenvalue weighted by molar-refractivity contribution is -0.129. The van der Waals surface area contributed by atoms with Crippen LogP contribution in [-0.2, 0) is 19.6 Å². The predicted molar refractivity (Wildman–Crippen MR) is 90.6 cm³/mol. The molecule has 1 aromatic rings. The summed E-state index contributed by atoms with van der Waals surface area (Å²) in [7, 11) is -3.66.